The van der Waals surface area contributed by atoms with Crippen LogP contribution < -0.4 is 14.8 Å². The number of hydrogen-bond donors (Lipinski definition) is 1. The maximum absolute atomic E-state index is 6.15. The van der Waals surface area contributed by atoms with E-state index in [2.05, 4.69) is 5.32 Å². The summed E-state index contributed by atoms with van der Waals surface area (Å²) < 4.78 is 11.3. The predicted molar refractivity (Wildman–Crippen MR) is 108 cm³/mol. The Hall–Kier alpha value is -2.36. The summed E-state index contributed by atoms with van der Waals surface area (Å²) >= 11 is 12.1. The maximum Gasteiger partial charge on any atom is 0.122 e. The van der Waals surface area contributed by atoms with Crippen molar-refractivity contribution in [2.24, 2.45) is 0 Å². The topological polar surface area (TPSA) is 30.5 Å². The van der Waals surface area contributed by atoms with Crippen molar-refractivity contribution in [2.75, 3.05) is 18.5 Å². The summed E-state index contributed by atoms with van der Waals surface area (Å²) in [5.41, 5.74) is 1.94. The van der Waals surface area contributed by atoms with Gasteiger partial charge in [-0.2, -0.15) is 0 Å². The summed E-state index contributed by atoms with van der Waals surface area (Å²) in [7, 11) is 0. The van der Waals surface area contributed by atoms with Crippen molar-refractivity contribution >= 4 is 28.9 Å². The third-order valence-corrected chi connectivity index (χ3v) is 4.26. The van der Waals surface area contributed by atoms with Crippen LogP contribution in [0.5, 0.6) is 11.5 Å². The van der Waals surface area contributed by atoms with E-state index < -0.39 is 0 Å². The van der Waals surface area contributed by atoms with Crippen LogP contribution in [0.25, 0.3) is 0 Å². The Morgan fingerprint density at radius 3 is 2.08 bits per heavy atom. The summed E-state index contributed by atoms with van der Waals surface area (Å²) in [5.74, 6) is 1.66. The van der Waals surface area contributed by atoms with Gasteiger partial charge in [-0.15, -0.1) is 0 Å². The van der Waals surface area contributed by atoms with E-state index in [1.165, 1.54) is 0 Å². The number of para-hydroxylation sites is 1. The number of benzene rings is 3. The van der Waals surface area contributed by atoms with Crippen LogP contribution in [0.3, 0.4) is 0 Å². The van der Waals surface area contributed by atoms with Crippen LogP contribution in [0, 0.1) is 0 Å². The number of anilines is 1. The fourth-order valence-electron chi connectivity index (χ4n) is 2.37. The molecule has 0 atom stereocenters. The zero-order chi connectivity index (χ0) is 18.2. The van der Waals surface area contributed by atoms with Gasteiger partial charge in [0.25, 0.3) is 0 Å². The number of hydrogen-bond acceptors (Lipinski definition) is 3. The molecule has 3 aromatic rings. The van der Waals surface area contributed by atoms with Crippen molar-refractivity contribution < 1.29 is 9.47 Å². The lowest BCUT2D eigenvalue weighted by molar-refractivity contribution is 0.217. The Kier molecular flexibility index (Phi) is 6.64. The highest BCUT2D eigenvalue weighted by atomic mass is 35.5. The molecule has 0 unspecified atom stereocenters. The largest absolute Gasteiger partial charge is 0.490 e. The van der Waals surface area contributed by atoms with Crippen LogP contribution in [0.15, 0.2) is 72.8 Å². The van der Waals surface area contributed by atoms with Crippen molar-refractivity contribution in [2.45, 2.75) is 6.54 Å². The highest BCUT2D eigenvalue weighted by Gasteiger charge is 2.02. The van der Waals surface area contributed by atoms with E-state index in [0.29, 0.717) is 29.8 Å². The van der Waals surface area contributed by atoms with Gasteiger partial charge in [0.15, 0.2) is 0 Å². The molecular weight excluding hydrogens is 369 g/mol. The smallest absolute Gasteiger partial charge is 0.122 e. The summed E-state index contributed by atoms with van der Waals surface area (Å²) in [6.07, 6.45) is 0. The first-order valence-electron chi connectivity index (χ1n) is 8.29. The third kappa shape index (κ3) is 5.58. The molecule has 0 amide bonds. The highest BCUT2D eigenvalue weighted by molar-refractivity contribution is 6.35. The molecule has 0 saturated carbocycles. The molecule has 0 fully saturated rings. The fraction of sp³-hybridized carbons (Fsp3) is 0.143. The number of nitrogens with one attached hydrogen (secondary N) is 1. The second-order valence-corrected chi connectivity index (χ2v) is 6.48. The number of halogens is 2. The summed E-state index contributed by atoms with van der Waals surface area (Å²) in [6.45, 7) is 1.64. The molecule has 0 spiro atoms. The van der Waals surface area contributed by atoms with Gasteiger partial charge in [0, 0.05) is 11.6 Å². The zero-order valence-electron chi connectivity index (χ0n) is 14.1. The van der Waals surface area contributed by atoms with Crippen molar-refractivity contribution in [1.29, 1.82) is 0 Å². The average Bonchev–Trinajstić information content (AvgIpc) is 2.68. The molecule has 0 aliphatic rings. The Labute approximate surface area is 163 Å². The third-order valence-electron chi connectivity index (χ3n) is 3.70. The standard InChI is InChI=1S/C21H19Cl2NO2/c22-17-8-11-20(23)21(14-17)24-15-16-6-9-19(10-7-16)26-13-12-25-18-4-2-1-3-5-18/h1-11,14,24H,12-13,15H2. The van der Waals surface area contributed by atoms with E-state index in [4.69, 9.17) is 32.7 Å². The molecule has 134 valence electrons. The molecule has 3 nitrogen and oxygen atoms in total. The van der Waals surface area contributed by atoms with Gasteiger partial charge in [-0.25, -0.2) is 0 Å². The molecule has 3 rings (SSSR count). The first kappa shape index (κ1) is 18.4. The van der Waals surface area contributed by atoms with Gasteiger partial charge < -0.3 is 14.8 Å². The Bertz CT molecular complexity index is 823. The van der Waals surface area contributed by atoms with Gasteiger partial charge in [0.2, 0.25) is 0 Å². The molecule has 1 N–H and O–H groups in total. The predicted octanol–water partition coefficient (Wildman–Crippen LogP) is 6.06. The molecule has 0 bridgehead atoms. The van der Waals surface area contributed by atoms with Gasteiger partial charge >= 0.3 is 0 Å². The van der Waals surface area contributed by atoms with Crippen LogP contribution in [0.4, 0.5) is 5.69 Å². The zero-order valence-corrected chi connectivity index (χ0v) is 15.6. The van der Waals surface area contributed by atoms with Crippen LogP contribution >= 0.6 is 23.2 Å². The highest BCUT2D eigenvalue weighted by Crippen LogP contribution is 2.26. The number of rotatable bonds is 8. The normalized spacial score (nSPS) is 10.4. The summed E-state index contributed by atoms with van der Waals surface area (Å²) in [4.78, 5) is 0. The van der Waals surface area contributed by atoms with Gasteiger partial charge in [-0.1, -0.05) is 53.5 Å². The minimum atomic E-state index is 0.491. The number of ether oxygens (including phenoxy) is 2. The lowest BCUT2D eigenvalue weighted by Gasteiger charge is -2.11. The minimum absolute atomic E-state index is 0.491. The van der Waals surface area contributed by atoms with Gasteiger partial charge in [0.05, 0.1) is 10.7 Å². The maximum atomic E-state index is 6.15. The van der Waals surface area contributed by atoms with E-state index in [1.54, 1.807) is 12.1 Å². The van der Waals surface area contributed by atoms with E-state index >= 15 is 0 Å². The molecule has 0 saturated heterocycles. The Morgan fingerprint density at radius 1 is 0.731 bits per heavy atom. The van der Waals surface area contributed by atoms with Crippen molar-refractivity contribution in [1.82, 2.24) is 0 Å². The van der Waals surface area contributed by atoms with E-state index in [1.807, 2.05) is 60.7 Å². The SMILES string of the molecule is Clc1ccc(Cl)c(NCc2ccc(OCCOc3ccccc3)cc2)c1. The quantitative estimate of drug-likeness (QED) is 0.476. The van der Waals surface area contributed by atoms with E-state index in [0.717, 1.165) is 22.7 Å². The lowest BCUT2D eigenvalue weighted by atomic mass is 10.2. The lowest BCUT2D eigenvalue weighted by Crippen LogP contribution is -2.09. The molecule has 5 heteroatoms. The van der Waals surface area contributed by atoms with Crippen LogP contribution in [0.1, 0.15) is 5.56 Å². The first-order chi connectivity index (χ1) is 12.7. The molecule has 0 aliphatic heterocycles. The average molecular weight is 388 g/mol. The van der Waals surface area contributed by atoms with E-state index in [9.17, 15) is 0 Å². The molecule has 0 aliphatic carbocycles. The second-order valence-electron chi connectivity index (χ2n) is 5.63. The second kappa shape index (κ2) is 9.37. The molecular formula is C21H19Cl2NO2. The molecule has 3 aromatic carbocycles. The van der Waals surface area contributed by atoms with Crippen molar-refractivity contribution in [3.63, 3.8) is 0 Å². The first-order valence-corrected chi connectivity index (χ1v) is 9.05. The van der Waals surface area contributed by atoms with Crippen LogP contribution in [0.2, 0.25) is 10.0 Å². The van der Waals surface area contributed by atoms with Crippen molar-refractivity contribution in [3.05, 3.63) is 88.4 Å². The summed E-state index contributed by atoms with van der Waals surface area (Å²) in [5, 5.41) is 4.58. The summed E-state index contributed by atoms with van der Waals surface area (Å²) in [6, 6.07) is 23.0. The van der Waals surface area contributed by atoms with Gasteiger partial charge in [0.1, 0.15) is 24.7 Å². The Balaban J connectivity index is 1.44. The van der Waals surface area contributed by atoms with E-state index in [-0.39, 0.29) is 0 Å². The fourth-order valence-corrected chi connectivity index (χ4v) is 2.73. The molecule has 0 aromatic heterocycles. The van der Waals surface area contributed by atoms with Crippen LogP contribution in [-0.4, -0.2) is 13.2 Å². The molecule has 0 heterocycles. The van der Waals surface area contributed by atoms with Gasteiger partial charge in [-0.05, 0) is 48.0 Å². The Morgan fingerprint density at radius 2 is 1.38 bits per heavy atom. The van der Waals surface area contributed by atoms with Gasteiger partial charge in [-0.3, -0.25) is 0 Å². The van der Waals surface area contributed by atoms with Crippen molar-refractivity contribution in [3.8, 4) is 11.5 Å². The molecule has 26 heavy (non-hydrogen) atoms. The molecule has 0 radical (unpaired) electrons. The minimum Gasteiger partial charge on any atom is -0.490 e. The monoisotopic (exact) mass is 387 g/mol. The van der Waals surface area contributed by atoms with Crippen LogP contribution in [-0.2, 0) is 6.54 Å².